The van der Waals surface area contributed by atoms with Gasteiger partial charge in [0.15, 0.2) is 12.4 Å². The molecule has 1 heterocycles. The highest BCUT2D eigenvalue weighted by atomic mass is 16.5. The van der Waals surface area contributed by atoms with Gasteiger partial charge in [-0.05, 0) is 24.3 Å². The Morgan fingerprint density at radius 3 is 2.09 bits per heavy atom. The summed E-state index contributed by atoms with van der Waals surface area (Å²) >= 11 is 0. The first-order chi connectivity index (χ1) is 17.1. The van der Waals surface area contributed by atoms with Gasteiger partial charge in [0.2, 0.25) is 5.82 Å². The molecule has 0 aliphatic rings. The van der Waals surface area contributed by atoms with E-state index in [2.05, 4.69) is 26.3 Å². The second-order valence-electron chi connectivity index (χ2n) is 7.25. The number of para-hydroxylation sites is 2. The van der Waals surface area contributed by atoms with Gasteiger partial charge in [-0.25, -0.2) is 9.67 Å². The van der Waals surface area contributed by atoms with E-state index in [9.17, 15) is 14.4 Å². The minimum Gasteiger partial charge on any atom is -0.484 e. The van der Waals surface area contributed by atoms with E-state index in [0.29, 0.717) is 11.6 Å². The number of carbonyl (C=O) groups excluding carboxylic acids is 3. The van der Waals surface area contributed by atoms with Crippen LogP contribution in [0.2, 0.25) is 0 Å². The van der Waals surface area contributed by atoms with Crippen molar-refractivity contribution in [3.8, 4) is 22.8 Å². The highest BCUT2D eigenvalue weighted by Gasteiger charge is 2.19. The Morgan fingerprint density at radius 1 is 0.771 bits per heavy atom. The van der Waals surface area contributed by atoms with Crippen molar-refractivity contribution in [2.75, 3.05) is 13.2 Å². The van der Waals surface area contributed by atoms with E-state index in [-0.39, 0.29) is 19.0 Å². The van der Waals surface area contributed by atoms with Crippen LogP contribution in [0.5, 0.6) is 5.75 Å². The summed E-state index contributed by atoms with van der Waals surface area (Å²) in [5.41, 5.74) is 5.99. The summed E-state index contributed by atoms with van der Waals surface area (Å²) in [4.78, 5) is 40.9. The molecule has 35 heavy (non-hydrogen) atoms. The molecule has 10 nitrogen and oxygen atoms in total. The number of amides is 3. The van der Waals surface area contributed by atoms with Crippen molar-refractivity contribution in [1.82, 2.24) is 30.9 Å². The molecule has 0 atom stereocenters. The van der Waals surface area contributed by atoms with Gasteiger partial charge >= 0.3 is 5.91 Å². The lowest BCUT2D eigenvalue weighted by atomic mass is 10.2. The number of rotatable bonds is 8. The van der Waals surface area contributed by atoms with Crippen LogP contribution in [-0.2, 0) is 9.59 Å². The average Bonchev–Trinajstić information content (AvgIpc) is 3.37. The fraction of sp³-hybridized carbons (Fsp3) is 0.0800. The zero-order valence-corrected chi connectivity index (χ0v) is 18.5. The number of ether oxygens (including phenoxy) is 1. The summed E-state index contributed by atoms with van der Waals surface area (Å²) in [6.07, 6.45) is 0. The van der Waals surface area contributed by atoms with Crippen LogP contribution in [0.3, 0.4) is 0 Å². The number of carbonyl (C=O) groups is 3. The Morgan fingerprint density at radius 2 is 1.40 bits per heavy atom. The summed E-state index contributed by atoms with van der Waals surface area (Å²) < 4.78 is 6.86. The van der Waals surface area contributed by atoms with Gasteiger partial charge in [0.05, 0.1) is 12.2 Å². The third-order valence-electron chi connectivity index (χ3n) is 4.72. The minimum atomic E-state index is -0.705. The number of aromatic nitrogens is 3. The van der Waals surface area contributed by atoms with Crippen LogP contribution in [0.4, 0.5) is 0 Å². The number of nitrogens with zero attached hydrogens (tertiary/aromatic N) is 3. The first kappa shape index (κ1) is 23.2. The van der Waals surface area contributed by atoms with Crippen LogP contribution in [-0.4, -0.2) is 45.6 Å². The summed E-state index contributed by atoms with van der Waals surface area (Å²) in [7, 11) is 0. The highest BCUT2D eigenvalue weighted by Crippen LogP contribution is 2.20. The van der Waals surface area contributed by atoms with Crippen LogP contribution in [0.15, 0.2) is 91.0 Å². The molecule has 0 aliphatic heterocycles. The van der Waals surface area contributed by atoms with Gasteiger partial charge in [-0.1, -0.05) is 66.7 Å². The maximum atomic E-state index is 12.6. The number of hydrogen-bond acceptors (Lipinski definition) is 6. The molecular formula is C25H22N6O4. The fourth-order valence-electron chi connectivity index (χ4n) is 3.05. The van der Waals surface area contributed by atoms with Gasteiger partial charge in [-0.2, -0.15) is 0 Å². The zero-order valence-electron chi connectivity index (χ0n) is 18.5. The predicted molar refractivity (Wildman–Crippen MR) is 127 cm³/mol. The largest absolute Gasteiger partial charge is 0.484 e. The zero-order chi connectivity index (χ0) is 24.5. The molecule has 1 aromatic heterocycles. The lowest BCUT2D eigenvalue weighted by Crippen LogP contribution is -2.47. The van der Waals surface area contributed by atoms with E-state index in [1.165, 1.54) is 0 Å². The van der Waals surface area contributed by atoms with E-state index in [1.807, 2.05) is 66.7 Å². The van der Waals surface area contributed by atoms with Crippen molar-refractivity contribution in [1.29, 1.82) is 0 Å². The van der Waals surface area contributed by atoms with Gasteiger partial charge < -0.3 is 10.1 Å². The van der Waals surface area contributed by atoms with Crippen molar-refractivity contribution < 1.29 is 19.1 Å². The van der Waals surface area contributed by atoms with Gasteiger partial charge in [-0.15, -0.1) is 5.10 Å². The highest BCUT2D eigenvalue weighted by molar-refractivity contribution is 5.93. The Balaban J connectivity index is 1.33. The molecule has 10 heteroatoms. The Labute approximate surface area is 200 Å². The number of hydrogen-bond donors (Lipinski definition) is 3. The summed E-state index contributed by atoms with van der Waals surface area (Å²) in [5.74, 6) is -0.934. The van der Waals surface area contributed by atoms with Gasteiger partial charge in [0, 0.05) is 5.56 Å². The van der Waals surface area contributed by atoms with Crippen molar-refractivity contribution in [2.45, 2.75) is 0 Å². The standard InChI is InChI=1S/C25H22N6O4/c32-21(16-26-22(33)17-35-20-14-8-3-9-15-20)28-29-25(34)23-27-24(18-10-4-1-5-11-18)31(30-23)19-12-6-2-7-13-19/h1-15H,16-17H2,(H,26,33)(H,28,32)(H,29,34). The second kappa shape index (κ2) is 11.2. The number of nitrogens with one attached hydrogen (secondary N) is 3. The van der Waals surface area contributed by atoms with Crippen molar-refractivity contribution >= 4 is 17.7 Å². The minimum absolute atomic E-state index is 0.131. The van der Waals surface area contributed by atoms with Crippen molar-refractivity contribution in [2.24, 2.45) is 0 Å². The lowest BCUT2D eigenvalue weighted by molar-refractivity contribution is -0.127. The molecule has 3 amide bonds. The molecule has 3 aromatic carbocycles. The molecule has 0 fully saturated rings. The second-order valence-corrected chi connectivity index (χ2v) is 7.25. The average molecular weight is 470 g/mol. The summed E-state index contributed by atoms with van der Waals surface area (Å²) in [6.45, 7) is -0.592. The Kier molecular flexibility index (Phi) is 7.44. The fourth-order valence-corrected chi connectivity index (χ4v) is 3.05. The molecular weight excluding hydrogens is 448 g/mol. The topological polar surface area (TPSA) is 127 Å². The van der Waals surface area contributed by atoms with Crippen LogP contribution < -0.4 is 20.9 Å². The molecule has 0 radical (unpaired) electrons. The van der Waals surface area contributed by atoms with E-state index in [4.69, 9.17) is 4.74 Å². The molecule has 176 valence electrons. The number of benzene rings is 3. The Bertz CT molecular complexity index is 1240. The molecule has 0 bridgehead atoms. The lowest BCUT2D eigenvalue weighted by Gasteiger charge is -2.08. The maximum Gasteiger partial charge on any atom is 0.309 e. The third-order valence-corrected chi connectivity index (χ3v) is 4.72. The summed E-state index contributed by atoms with van der Waals surface area (Å²) in [5, 5.41) is 6.73. The number of hydrazine groups is 1. The van der Waals surface area contributed by atoms with E-state index < -0.39 is 17.7 Å². The maximum absolute atomic E-state index is 12.6. The van der Waals surface area contributed by atoms with Crippen LogP contribution in [0.1, 0.15) is 10.6 Å². The molecule has 0 saturated carbocycles. The Hall–Kier alpha value is -4.99. The van der Waals surface area contributed by atoms with Crippen LogP contribution in [0, 0.1) is 0 Å². The molecule has 3 N–H and O–H groups in total. The molecule has 0 aliphatic carbocycles. The SMILES string of the molecule is O=C(COc1ccccc1)NCC(=O)NNC(=O)c1nc(-c2ccccc2)n(-c2ccccc2)n1. The summed E-state index contributed by atoms with van der Waals surface area (Å²) in [6, 6.07) is 27.4. The van der Waals surface area contributed by atoms with Crippen LogP contribution in [0.25, 0.3) is 17.1 Å². The first-order valence-electron chi connectivity index (χ1n) is 10.7. The predicted octanol–water partition coefficient (Wildman–Crippen LogP) is 1.89. The van der Waals surface area contributed by atoms with E-state index >= 15 is 0 Å². The normalized spacial score (nSPS) is 10.3. The van der Waals surface area contributed by atoms with Gasteiger partial charge in [0.25, 0.3) is 11.8 Å². The van der Waals surface area contributed by atoms with Gasteiger partial charge in [0.1, 0.15) is 5.75 Å². The molecule has 0 unspecified atom stereocenters. The van der Waals surface area contributed by atoms with E-state index in [1.54, 1.807) is 28.9 Å². The van der Waals surface area contributed by atoms with Gasteiger partial charge in [-0.3, -0.25) is 25.2 Å². The molecule has 4 rings (SSSR count). The third kappa shape index (κ3) is 6.29. The van der Waals surface area contributed by atoms with Crippen molar-refractivity contribution in [3.05, 3.63) is 96.8 Å². The molecule has 4 aromatic rings. The smallest absolute Gasteiger partial charge is 0.309 e. The van der Waals surface area contributed by atoms with E-state index in [0.717, 1.165) is 11.3 Å². The molecule has 0 spiro atoms. The quantitative estimate of drug-likeness (QED) is 0.338. The first-order valence-corrected chi connectivity index (χ1v) is 10.7. The monoisotopic (exact) mass is 470 g/mol. The molecule has 0 saturated heterocycles. The van der Waals surface area contributed by atoms with Crippen LogP contribution >= 0.6 is 0 Å². The van der Waals surface area contributed by atoms with Crippen molar-refractivity contribution in [3.63, 3.8) is 0 Å².